The van der Waals surface area contributed by atoms with Crippen molar-refractivity contribution in [3.8, 4) is 6.07 Å². The number of carbonyl (C=O) groups excluding carboxylic acids is 2. The number of imide groups is 1. The van der Waals surface area contributed by atoms with E-state index in [0.717, 1.165) is 16.0 Å². The van der Waals surface area contributed by atoms with Crippen molar-refractivity contribution in [2.24, 2.45) is 0 Å². The Kier molecular flexibility index (Phi) is 8.89. The standard InChI is InChI=1S/C19H19Cl2N3O2.C8H7N/c1-22(11-13-6-4-3-5-7-13)12-17-18(25)24(19(26)23(17)2)16-9-14(20)8-15(21)10-16;1-7-2-4-8(6-9)5-3-7/h3-10,17H,11-12H2,1-2H3;2-5H,1H3/t17-;/m0./s1. The first-order chi connectivity index (χ1) is 16.7. The Labute approximate surface area is 215 Å². The van der Waals surface area contributed by atoms with E-state index in [-0.39, 0.29) is 11.9 Å². The number of halogens is 2. The summed E-state index contributed by atoms with van der Waals surface area (Å²) in [7, 11) is 3.56. The number of likely N-dealkylation sites (N-methyl/N-ethyl adjacent to an activating group) is 2. The fourth-order valence-corrected chi connectivity index (χ4v) is 4.20. The number of amides is 3. The Bertz CT molecular complexity index is 1210. The summed E-state index contributed by atoms with van der Waals surface area (Å²) < 4.78 is 0. The van der Waals surface area contributed by atoms with E-state index in [1.165, 1.54) is 10.5 Å². The first kappa shape index (κ1) is 26.2. The maximum absolute atomic E-state index is 12.9. The summed E-state index contributed by atoms with van der Waals surface area (Å²) in [6.45, 7) is 3.12. The zero-order valence-electron chi connectivity index (χ0n) is 19.8. The molecule has 1 aliphatic rings. The molecule has 1 fully saturated rings. The summed E-state index contributed by atoms with van der Waals surface area (Å²) >= 11 is 12.0. The van der Waals surface area contributed by atoms with Gasteiger partial charge in [-0.15, -0.1) is 0 Å². The van der Waals surface area contributed by atoms with Gasteiger partial charge in [0.15, 0.2) is 0 Å². The van der Waals surface area contributed by atoms with Crippen molar-refractivity contribution in [1.29, 1.82) is 5.26 Å². The van der Waals surface area contributed by atoms with Crippen LogP contribution in [0.25, 0.3) is 0 Å². The number of carbonyl (C=O) groups is 2. The number of nitrogens with zero attached hydrogens (tertiary/aromatic N) is 4. The number of aryl methyl sites for hydroxylation is 1. The first-order valence-corrected chi connectivity index (χ1v) is 11.7. The SMILES string of the molecule is CN(Cc1ccccc1)C[C@H]1C(=O)N(c2cc(Cl)cc(Cl)c2)C(=O)N1C.Cc1ccc(C#N)cc1. The van der Waals surface area contributed by atoms with Gasteiger partial charge < -0.3 is 4.90 Å². The second-order valence-corrected chi connectivity index (χ2v) is 9.24. The molecule has 35 heavy (non-hydrogen) atoms. The van der Waals surface area contributed by atoms with E-state index >= 15 is 0 Å². The highest BCUT2D eigenvalue weighted by molar-refractivity contribution is 6.35. The monoisotopic (exact) mass is 508 g/mol. The van der Waals surface area contributed by atoms with E-state index in [1.807, 2.05) is 73.5 Å². The van der Waals surface area contributed by atoms with Crippen LogP contribution < -0.4 is 4.90 Å². The predicted octanol–water partition coefficient (Wildman–Crippen LogP) is 5.76. The Balaban J connectivity index is 0.000000320. The van der Waals surface area contributed by atoms with Crippen LogP contribution in [-0.4, -0.2) is 48.4 Å². The number of hydrogen-bond acceptors (Lipinski definition) is 4. The van der Waals surface area contributed by atoms with Gasteiger partial charge in [0, 0.05) is 30.2 Å². The molecule has 0 spiro atoms. The van der Waals surface area contributed by atoms with Crippen LogP contribution in [0.4, 0.5) is 10.5 Å². The van der Waals surface area contributed by atoms with E-state index < -0.39 is 6.04 Å². The van der Waals surface area contributed by atoms with Crippen molar-refractivity contribution in [3.63, 3.8) is 0 Å². The molecule has 180 valence electrons. The highest BCUT2D eigenvalue weighted by Crippen LogP contribution is 2.30. The molecule has 1 saturated heterocycles. The fraction of sp³-hybridized carbons (Fsp3) is 0.222. The second-order valence-electron chi connectivity index (χ2n) is 8.37. The van der Waals surface area contributed by atoms with Gasteiger partial charge in [-0.25, -0.2) is 9.69 Å². The molecule has 1 heterocycles. The van der Waals surface area contributed by atoms with Gasteiger partial charge in [0.05, 0.1) is 17.3 Å². The average Bonchev–Trinajstić information content (AvgIpc) is 3.03. The Morgan fingerprint density at radius 2 is 1.57 bits per heavy atom. The molecule has 0 unspecified atom stereocenters. The van der Waals surface area contributed by atoms with E-state index in [4.69, 9.17) is 28.5 Å². The molecule has 1 aliphatic heterocycles. The smallest absolute Gasteiger partial charge is 0.314 e. The quantitative estimate of drug-likeness (QED) is 0.411. The Hall–Kier alpha value is -3.37. The molecule has 0 N–H and O–H groups in total. The van der Waals surface area contributed by atoms with Crippen molar-refractivity contribution >= 4 is 40.8 Å². The van der Waals surface area contributed by atoms with Crippen molar-refractivity contribution in [2.75, 3.05) is 25.5 Å². The third-order valence-electron chi connectivity index (χ3n) is 5.53. The molecule has 4 rings (SSSR count). The predicted molar refractivity (Wildman–Crippen MR) is 140 cm³/mol. The third-order valence-corrected chi connectivity index (χ3v) is 5.97. The maximum atomic E-state index is 12.9. The van der Waals surface area contributed by atoms with Crippen molar-refractivity contribution < 1.29 is 9.59 Å². The minimum Gasteiger partial charge on any atom is -0.314 e. The molecule has 0 bridgehead atoms. The number of anilines is 1. The second kappa shape index (κ2) is 11.9. The van der Waals surface area contributed by atoms with E-state index in [1.54, 1.807) is 25.2 Å². The summed E-state index contributed by atoms with van der Waals surface area (Å²) in [4.78, 5) is 30.1. The minimum atomic E-state index is -0.561. The van der Waals surface area contributed by atoms with Crippen LogP contribution in [0.1, 0.15) is 16.7 Å². The van der Waals surface area contributed by atoms with Crippen LogP contribution in [0.2, 0.25) is 10.0 Å². The van der Waals surface area contributed by atoms with E-state index in [0.29, 0.717) is 28.8 Å². The number of urea groups is 1. The van der Waals surface area contributed by atoms with Gasteiger partial charge >= 0.3 is 6.03 Å². The van der Waals surface area contributed by atoms with Crippen LogP contribution in [0.15, 0.2) is 72.8 Å². The molecule has 0 aliphatic carbocycles. The highest BCUT2D eigenvalue weighted by atomic mass is 35.5. The lowest BCUT2D eigenvalue weighted by molar-refractivity contribution is -0.120. The van der Waals surface area contributed by atoms with Crippen LogP contribution in [0.3, 0.4) is 0 Å². The molecule has 3 aromatic rings. The molecule has 6 nitrogen and oxygen atoms in total. The van der Waals surface area contributed by atoms with E-state index in [9.17, 15) is 9.59 Å². The lowest BCUT2D eigenvalue weighted by Crippen LogP contribution is -2.41. The van der Waals surface area contributed by atoms with Gasteiger partial charge in [-0.3, -0.25) is 9.69 Å². The Morgan fingerprint density at radius 3 is 2.14 bits per heavy atom. The van der Waals surface area contributed by atoms with E-state index in [2.05, 4.69) is 6.07 Å². The van der Waals surface area contributed by atoms with Gasteiger partial charge in [-0.1, -0.05) is 71.2 Å². The molecule has 0 radical (unpaired) electrons. The van der Waals surface area contributed by atoms with Crippen molar-refractivity contribution in [3.05, 3.63) is 99.5 Å². The summed E-state index contributed by atoms with van der Waals surface area (Å²) in [5.74, 6) is -0.282. The molecule has 8 heteroatoms. The lowest BCUT2D eigenvalue weighted by Gasteiger charge is -2.23. The topological polar surface area (TPSA) is 67.7 Å². The van der Waals surface area contributed by atoms with Gasteiger partial charge in [-0.2, -0.15) is 5.26 Å². The normalized spacial score (nSPS) is 15.2. The molecule has 1 atom stereocenters. The molecular formula is C27H26Cl2N4O2. The van der Waals surface area contributed by atoms with Gasteiger partial charge in [0.2, 0.25) is 0 Å². The van der Waals surface area contributed by atoms with Crippen LogP contribution in [0.5, 0.6) is 0 Å². The fourth-order valence-electron chi connectivity index (χ4n) is 3.69. The summed E-state index contributed by atoms with van der Waals surface area (Å²) in [5.41, 5.74) is 3.44. The zero-order chi connectivity index (χ0) is 25.5. The third kappa shape index (κ3) is 6.83. The van der Waals surface area contributed by atoms with Crippen LogP contribution in [-0.2, 0) is 11.3 Å². The molecule has 3 amide bonds. The largest absolute Gasteiger partial charge is 0.331 e. The minimum absolute atomic E-state index is 0.282. The van der Waals surface area contributed by atoms with Crippen LogP contribution >= 0.6 is 23.2 Å². The summed E-state index contributed by atoms with van der Waals surface area (Å²) in [6, 6.07) is 23.3. The summed E-state index contributed by atoms with van der Waals surface area (Å²) in [5, 5.41) is 9.13. The molecular weight excluding hydrogens is 483 g/mol. The van der Waals surface area contributed by atoms with Gasteiger partial charge in [-0.05, 0) is 49.9 Å². The highest BCUT2D eigenvalue weighted by Gasteiger charge is 2.44. The molecule has 3 aromatic carbocycles. The number of nitriles is 1. The van der Waals surface area contributed by atoms with Gasteiger partial charge in [0.25, 0.3) is 5.91 Å². The van der Waals surface area contributed by atoms with Crippen molar-refractivity contribution in [1.82, 2.24) is 9.80 Å². The van der Waals surface area contributed by atoms with Crippen molar-refractivity contribution in [2.45, 2.75) is 19.5 Å². The molecule has 0 aromatic heterocycles. The van der Waals surface area contributed by atoms with Crippen LogP contribution in [0, 0.1) is 18.3 Å². The Morgan fingerprint density at radius 1 is 0.971 bits per heavy atom. The number of rotatable bonds is 5. The molecule has 0 saturated carbocycles. The van der Waals surface area contributed by atoms with Gasteiger partial charge in [0.1, 0.15) is 6.04 Å². The zero-order valence-corrected chi connectivity index (χ0v) is 21.3. The first-order valence-electron chi connectivity index (χ1n) is 11.0. The summed E-state index contributed by atoms with van der Waals surface area (Å²) in [6.07, 6.45) is 0. The average molecular weight is 509 g/mol. The number of benzene rings is 3. The number of hydrogen-bond donors (Lipinski definition) is 0. The lowest BCUT2D eigenvalue weighted by atomic mass is 10.2. The maximum Gasteiger partial charge on any atom is 0.331 e.